The summed E-state index contributed by atoms with van der Waals surface area (Å²) >= 11 is 0. The molecule has 0 saturated heterocycles. The van der Waals surface area contributed by atoms with Gasteiger partial charge in [-0.25, -0.2) is 8.42 Å². The highest BCUT2D eigenvalue weighted by molar-refractivity contribution is 7.89. The van der Waals surface area contributed by atoms with Crippen LogP contribution in [-0.4, -0.2) is 41.5 Å². The first-order valence-electron chi connectivity index (χ1n) is 7.35. The Hall–Kier alpha value is -2.53. The van der Waals surface area contributed by atoms with E-state index in [2.05, 4.69) is 0 Å². The van der Waals surface area contributed by atoms with Crippen molar-refractivity contribution in [3.8, 4) is 0 Å². The molecular formula is C14H18N2O8S. The number of unbranched alkanes of at least 4 members (excludes halogenated alkanes) is 2. The lowest BCUT2D eigenvalue weighted by Crippen LogP contribution is -2.40. The number of nitrogens with zero attached hydrogens (tertiary/aromatic N) is 1. The van der Waals surface area contributed by atoms with Crippen molar-refractivity contribution in [3.63, 3.8) is 0 Å². The molecule has 1 rings (SSSR count). The molecule has 1 aromatic carbocycles. The highest BCUT2D eigenvalue weighted by Gasteiger charge is 2.25. The Bertz CT molecular complexity index is 730. The van der Waals surface area contributed by atoms with E-state index < -0.39 is 32.9 Å². The van der Waals surface area contributed by atoms with Crippen LogP contribution in [0, 0.1) is 10.1 Å². The molecule has 10 nitrogen and oxygen atoms in total. The van der Waals surface area contributed by atoms with E-state index in [-0.39, 0.29) is 23.4 Å². The number of carboxylic acids is 2. The third kappa shape index (κ3) is 6.85. The summed E-state index contributed by atoms with van der Waals surface area (Å²) in [7, 11) is -4.15. The minimum Gasteiger partial charge on any atom is -0.481 e. The maximum Gasteiger partial charge on any atom is 0.321 e. The molecule has 0 aliphatic carbocycles. The summed E-state index contributed by atoms with van der Waals surface area (Å²) in [6.45, 7) is 0. The van der Waals surface area contributed by atoms with Crippen LogP contribution in [0.5, 0.6) is 0 Å². The average molecular weight is 374 g/mol. The highest BCUT2D eigenvalue weighted by Crippen LogP contribution is 2.17. The molecule has 138 valence electrons. The predicted octanol–water partition coefficient (Wildman–Crippen LogP) is 1.36. The lowest BCUT2D eigenvalue weighted by Gasteiger charge is -2.14. The van der Waals surface area contributed by atoms with Gasteiger partial charge in [-0.1, -0.05) is 12.8 Å². The molecule has 0 heterocycles. The molecule has 1 atom stereocenters. The maximum atomic E-state index is 12.2. The number of non-ortho nitro benzene ring substituents is 1. The van der Waals surface area contributed by atoms with Crippen LogP contribution in [0.4, 0.5) is 5.69 Å². The Labute approximate surface area is 143 Å². The fraction of sp³-hybridized carbons (Fsp3) is 0.429. The lowest BCUT2D eigenvalue weighted by molar-refractivity contribution is -0.384. The Balaban J connectivity index is 2.70. The molecule has 0 radical (unpaired) electrons. The maximum absolute atomic E-state index is 12.2. The number of nitro benzene ring substituents is 1. The van der Waals surface area contributed by atoms with Crippen molar-refractivity contribution in [1.82, 2.24) is 4.72 Å². The number of rotatable bonds is 11. The summed E-state index contributed by atoms with van der Waals surface area (Å²) in [5.74, 6) is -2.31. The number of carbonyl (C=O) groups is 2. The minimum absolute atomic E-state index is 0.00115. The van der Waals surface area contributed by atoms with Crippen molar-refractivity contribution in [2.45, 2.75) is 43.0 Å². The fourth-order valence-electron chi connectivity index (χ4n) is 2.04. The van der Waals surface area contributed by atoms with E-state index in [0.29, 0.717) is 19.3 Å². The van der Waals surface area contributed by atoms with Crippen LogP contribution >= 0.6 is 0 Å². The van der Waals surface area contributed by atoms with Gasteiger partial charge in [0.2, 0.25) is 10.0 Å². The zero-order valence-corrected chi connectivity index (χ0v) is 13.9. The van der Waals surface area contributed by atoms with Crippen molar-refractivity contribution in [3.05, 3.63) is 34.4 Å². The Morgan fingerprint density at radius 3 is 2.20 bits per heavy atom. The Morgan fingerprint density at radius 1 is 1.12 bits per heavy atom. The monoisotopic (exact) mass is 374 g/mol. The number of benzene rings is 1. The number of carboxylic acid groups (broad SMARTS) is 2. The second kappa shape index (κ2) is 9.08. The van der Waals surface area contributed by atoms with E-state index in [1.165, 1.54) is 0 Å². The third-order valence-electron chi connectivity index (χ3n) is 3.34. The van der Waals surface area contributed by atoms with Crippen molar-refractivity contribution in [2.75, 3.05) is 0 Å². The second-order valence-electron chi connectivity index (χ2n) is 5.26. The quantitative estimate of drug-likeness (QED) is 0.297. The van der Waals surface area contributed by atoms with Gasteiger partial charge in [0.1, 0.15) is 6.04 Å². The van der Waals surface area contributed by atoms with Crippen molar-refractivity contribution < 1.29 is 33.1 Å². The molecule has 1 aromatic rings. The molecule has 0 aliphatic heterocycles. The van der Waals surface area contributed by atoms with Gasteiger partial charge in [-0.05, 0) is 25.0 Å². The first-order chi connectivity index (χ1) is 11.6. The fourth-order valence-corrected chi connectivity index (χ4v) is 3.26. The first-order valence-corrected chi connectivity index (χ1v) is 8.83. The number of nitrogens with one attached hydrogen (secondary N) is 1. The van der Waals surface area contributed by atoms with Crippen LogP contribution in [0.2, 0.25) is 0 Å². The minimum atomic E-state index is -4.15. The first kappa shape index (κ1) is 20.5. The van der Waals surface area contributed by atoms with Crippen LogP contribution in [0.25, 0.3) is 0 Å². The van der Waals surface area contributed by atoms with Gasteiger partial charge in [0.25, 0.3) is 5.69 Å². The van der Waals surface area contributed by atoms with Gasteiger partial charge in [0.05, 0.1) is 9.82 Å². The predicted molar refractivity (Wildman–Crippen MR) is 85.6 cm³/mol. The van der Waals surface area contributed by atoms with Crippen LogP contribution in [0.15, 0.2) is 29.2 Å². The van der Waals surface area contributed by atoms with Gasteiger partial charge < -0.3 is 10.2 Å². The molecule has 0 unspecified atom stereocenters. The zero-order chi connectivity index (χ0) is 19.0. The summed E-state index contributed by atoms with van der Waals surface area (Å²) in [6, 6.07) is 2.69. The van der Waals surface area contributed by atoms with Crippen LogP contribution in [-0.2, 0) is 19.6 Å². The summed E-state index contributed by atoms with van der Waals surface area (Å²) in [6.07, 6.45) is 1.13. The third-order valence-corrected chi connectivity index (χ3v) is 4.82. The summed E-state index contributed by atoms with van der Waals surface area (Å²) in [5.41, 5.74) is -0.285. The topological polar surface area (TPSA) is 164 Å². The molecule has 0 saturated carbocycles. The van der Waals surface area contributed by atoms with Gasteiger partial charge >= 0.3 is 11.9 Å². The second-order valence-corrected chi connectivity index (χ2v) is 6.97. The molecule has 3 N–H and O–H groups in total. The SMILES string of the molecule is O=C(O)CCCCC[C@H](NS(=O)(=O)c1ccc([N+](=O)[O-])cc1)C(=O)O. The number of hydrogen-bond acceptors (Lipinski definition) is 6. The number of nitro groups is 1. The Morgan fingerprint density at radius 2 is 1.72 bits per heavy atom. The van der Waals surface area contributed by atoms with Crippen LogP contribution < -0.4 is 4.72 Å². The molecule has 25 heavy (non-hydrogen) atoms. The molecule has 11 heteroatoms. The summed E-state index contributed by atoms with van der Waals surface area (Å²) in [5, 5.41) is 28.2. The highest BCUT2D eigenvalue weighted by atomic mass is 32.2. The molecule has 0 aromatic heterocycles. The van der Waals surface area contributed by atoms with E-state index in [1.54, 1.807) is 0 Å². The number of sulfonamides is 1. The normalized spacial score (nSPS) is 12.5. The van der Waals surface area contributed by atoms with Gasteiger partial charge in [0, 0.05) is 18.6 Å². The largest absolute Gasteiger partial charge is 0.481 e. The lowest BCUT2D eigenvalue weighted by atomic mass is 10.1. The molecule has 0 aliphatic rings. The van der Waals surface area contributed by atoms with Crippen LogP contribution in [0.1, 0.15) is 32.1 Å². The van der Waals surface area contributed by atoms with Gasteiger partial charge in [-0.15, -0.1) is 0 Å². The molecule has 0 amide bonds. The molecule has 0 fully saturated rings. The van der Waals surface area contributed by atoms with E-state index in [1.807, 2.05) is 4.72 Å². The van der Waals surface area contributed by atoms with Crippen molar-refractivity contribution in [2.24, 2.45) is 0 Å². The molecule has 0 spiro atoms. The van der Waals surface area contributed by atoms with E-state index in [0.717, 1.165) is 24.3 Å². The summed E-state index contributed by atoms with van der Waals surface area (Å²) < 4.78 is 26.4. The van der Waals surface area contributed by atoms with Crippen molar-refractivity contribution >= 4 is 27.6 Å². The van der Waals surface area contributed by atoms with E-state index in [4.69, 9.17) is 10.2 Å². The van der Waals surface area contributed by atoms with Gasteiger partial charge in [-0.3, -0.25) is 19.7 Å². The van der Waals surface area contributed by atoms with Gasteiger partial charge in [0.15, 0.2) is 0 Å². The Kier molecular flexibility index (Phi) is 7.45. The smallest absolute Gasteiger partial charge is 0.321 e. The summed E-state index contributed by atoms with van der Waals surface area (Å²) in [4.78, 5) is 31.2. The van der Waals surface area contributed by atoms with Crippen molar-refractivity contribution in [1.29, 1.82) is 0 Å². The number of aliphatic carboxylic acids is 2. The molecular weight excluding hydrogens is 356 g/mol. The number of hydrogen-bond donors (Lipinski definition) is 3. The zero-order valence-electron chi connectivity index (χ0n) is 13.1. The van der Waals surface area contributed by atoms with E-state index >= 15 is 0 Å². The standard InChI is InChI=1S/C14H18N2O8S/c17-13(18)5-3-1-2-4-12(14(19)20)15-25(23,24)11-8-6-10(7-9-11)16(21)22/h6-9,12,15H,1-5H2,(H,17,18)(H,19,20)/t12-/m0/s1. The van der Waals surface area contributed by atoms with Crippen LogP contribution in [0.3, 0.4) is 0 Å². The molecule has 0 bridgehead atoms. The van der Waals surface area contributed by atoms with E-state index in [9.17, 15) is 28.1 Å². The van der Waals surface area contributed by atoms with Gasteiger partial charge in [-0.2, -0.15) is 4.72 Å². The average Bonchev–Trinajstić information content (AvgIpc) is 2.53.